The van der Waals surface area contributed by atoms with Gasteiger partial charge in [0, 0.05) is 0 Å². The van der Waals surface area contributed by atoms with E-state index in [0.29, 0.717) is 0 Å². The topological polar surface area (TPSA) is 90.0 Å². The number of imide groups is 1. The Morgan fingerprint density at radius 1 is 0.885 bits per heavy atom. The van der Waals surface area contributed by atoms with Crippen LogP contribution in [0.5, 0.6) is 0 Å². The van der Waals surface area contributed by atoms with Crippen LogP contribution in [0, 0.1) is 23.7 Å². The first-order chi connectivity index (χ1) is 12.5. The van der Waals surface area contributed by atoms with Crippen molar-refractivity contribution in [1.82, 2.24) is 0 Å². The van der Waals surface area contributed by atoms with Gasteiger partial charge in [-0.05, 0) is 36.5 Å². The molecule has 0 N–H and O–H groups in total. The lowest BCUT2D eigenvalue weighted by Crippen LogP contribution is -2.33. The number of amides is 2. The number of hydrogen-bond acceptors (Lipinski definition) is 6. The Morgan fingerprint density at radius 2 is 1.35 bits per heavy atom. The predicted molar refractivity (Wildman–Crippen MR) is 89.3 cm³/mol. The van der Waals surface area contributed by atoms with Gasteiger partial charge in [-0.3, -0.25) is 9.59 Å². The molecule has 0 radical (unpaired) electrons. The Labute approximate surface area is 149 Å². The number of allylic oxidation sites excluding steroid dienone is 2. The number of carbonyl (C=O) groups excluding carboxylic acids is 4. The zero-order valence-corrected chi connectivity index (χ0v) is 14.3. The molecule has 2 aliphatic carbocycles. The van der Waals surface area contributed by atoms with Crippen molar-refractivity contribution >= 4 is 29.4 Å². The number of anilines is 1. The highest BCUT2D eigenvalue weighted by Gasteiger charge is 2.59. The second-order valence-corrected chi connectivity index (χ2v) is 6.76. The molecule has 134 valence electrons. The van der Waals surface area contributed by atoms with Crippen molar-refractivity contribution in [1.29, 1.82) is 0 Å². The van der Waals surface area contributed by atoms with Gasteiger partial charge in [0.05, 0.1) is 42.9 Å². The number of hydrogen-bond donors (Lipinski definition) is 0. The molecule has 2 fully saturated rings. The fraction of sp³-hybridized carbons (Fsp3) is 0.368. The molecular weight excluding hydrogens is 338 g/mol. The number of benzene rings is 1. The molecule has 7 heteroatoms. The average Bonchev–Trinajstić information content (AvgIpc) is 3.33. The normalized spacial score (nSPS) is 28.5. The SMILES string of the molecule is COC(=O)c1cc(C(=O)OC)cc(N2C(=O)[C@@H]3[C@H](C2=O)[C@@H]2C=C[C@H]3C2)c1. The minimum atomic E-state index is -0.668. The van der Waals surface area contributed by atoms with Gasteiger partial charge in [-0.25, -0.2) is 14.5 Å². The van der Waals surface area contributed by atoms with Crippen LogP contribution in [0.4, 0.5) is 5.69 Å². The van der Waals surface area contributed by atoms with Crippen LogP contribution in [0.15, 0.2) is 30.4 Å². The summed E-state index contributed by atoms with van der Waals surface area (Å²) in [6.07, 6.45) is 4.84. The summed E-state index contributed by atoms with van der Waals surface area (Å²) in [6, 6.07) is 4.10. The number of fused-ring (bicyclic) bond motifs is 5. The number of nitrogens with zero attached hydrogens (tertiary/aromatic N) is 1. The van der Waals surface area contributed by atoms with Crippen molar-refractivity contribution in [2.24, 2.45) is 23.7 Å². The van der Waals surface area contributed by atoms with E-state index in [4.69, 9.17) is 9.47 Å². The molecule has 0 spiro atoms. The summed E-state index contributed by atoms with van der Waals surface area (Å²) in [5.41, 5.74) is 0.338. The quantitative estimate of drug-likeness (QED) is 0.464. The molecule has 2 amide bonds. The molecule has 4 atom stereocenters. The molecule has 0 aromatic heterocycles. The highest BCUT2D eigenvalue weighted by molar-refractivity contribution is 6.23. The lowest BCUT2D eigenvalue weighted by molar-refractivity contribution is -0.123. The van der Waals surface area contributed by atoms with Gasteiger partial charge in [-0.15, -0.1) is 0 Å². The van der Waals surface area contributed by atoms with Crippen LogP contribution >= 0.6 is 0 Å². The van der Waals surface area contributed by atoms with Gasteiger partial charge in [0.25, 0.3) is 0 Å². The maximum absolute atomic E-state index is 12.9. The number of esters is 2. The molecule has 26 heavy (non-hydrogen) atoms. The molecule has 2 bridgehead atoms. The molecule has 3 aliphatic rings. The molecular formula is C19H17NO6. The summed E-state index contributed by atoms with van der Waals surface area (Å²) in [5.74, 6) is -2.47. The van der Waals surface area contributed by atoms with E-state index in [2.05, 4.69) is 0 Å². The van der Waals surface area contributed by atoms with E-state index < -0.39 is 11.9 Å². The maximum atomic E-state index is 12.9. The van der Waals surface area contributed by atoms with Crippen molar-refractivity contribution in [3.8, 4) is 0 Å². The molecule has 1 saturated heterocycles. The molecule has 1 aromatic carbocycles. The number of rotatable bonds is 3. The Bertz CT molecular complexity index is 809. The number of methoxy groups -OCH3 is 2. The van der Waals surface area contributed by atoms with Crippen LogP contribution in [-0.4, -0.2) is 38.0 Å². The van der Waals surface area contributed by atoms with Gasteiger partial charge in [0.2, 0.25) is 11.8 Å². The van der Waals surface area contributed by atoms with Crippen LogP contribution in [0.2, 0.25) is 0 Å². The second kappa shape index (κ2) is 5.79. The first-order valence-electron chi connectivity index (χ1n) is 8.34. The third kappa shape index (κ3) is 2.20. The number of carbonyl (C=O) groups is 4. The fourth-order valence-corrected chi connectivity index (χ4v) is 4.37. The van der Waals surface area contributed by atoms with Crippen LogP contribution < -0.4 is 4.90 Å². The van der Waals surface area contributed by atoms with Gasteiger partial charge >= 0.3 is 11.9 Å². The highest BCUT2D eigenvalue weighted by Crippen LogP contribution is 2.53. The van der Waals surface area contributed by atoms with Gasteiger partial charge in [-0.1, -0.05) is 12.2 Å². The maximum Gasteiger partial charge on any atom is 0.337 e. The zero-order valence-electron chi connectivity index (χ0n) is 14.3. The van der Waals surface area contributed by atoms with Crippen LogP contribution in [0.1, 0.15) is 27.1 Å². The van der Waals surface area contributed by atoms with Crippen molar-refractivity contribution in [2.75, 3.05) is 19.1 Å². The fourth-order valence-electron chi connectivity index (χ4n) is 4.37. The minimum absolute atomic E-state index is 0.0733. The van der Waals surface area contributed by atoms with Crippen molar-refractivity contribution < 1.29 is 28.7 Å². The molecule has 1 heterocycles. The van der Waals surface area contributed by atoms with Gasteiger partial charge in [0.1, 0.15) is 0 Å². The summed E-state index contributed by atoms with van der Waals surface area (Å²) in [4.78, 5) is 50.8. The molecule has 1 aliphatic heterocycles. The Balaban J connectivity index is 1.78. The monoisotopic (exact) mass is 355 g/mol. The average molecular weight is 355 g/mol. The lowest BCUT2D eigenvalue weighted by Gasteiger charge is -2.18. The minimum Gasteiger partial charge on any atom is -0.465 e. The zero-order chi connectivity index (χ0) is 18.6. The summed E-state index contributed by atoms with van der Waals surface area (Å²) >= 11 is 0. The Hall–Kier alpha value is -2.96. The van der Waals surface area contributed by atoms with E-state index in [1.165, 1.54) is 32.4 Å². The van der Waals surface area contributed by atoms with E-state index in [9.17, 15) is 19.2 Å². The first-order valence-corrected chi connectivity index (χ1v) is 8.34. The number of ether oxygens (including phenoxy) is 2. The van der Waals surface area contributed by atoms with E-state index in [0.717, 1.165) is 11.3 Å². The van der Waals surface area contributed by atoms with E-state index >= 15 is 0 Å². The predicted octanol–water partition coefficient (Wildman–Crippen LogP) is 1.57. The van der Waals surface area contributed by atoms with Crippen molar-refractivity contribution in [3.63, 3.8) is 0 Å². The van der Waals surface area contributed by atoms with E-state index in [1.54, 1.807) is 0 Å². The second-order valence-electron chi connectivity index (χ2n) is 6.76. The Morgan fingerprint density at radius 3 is 1.77 bits per heavy atom. The third-order valence-corrected chi connectivity index (χ3v) is 5.49. The van der Waals surface area contributed by atoms with Crippen LogP contribution in [-0.2, 0) is 19.1 Å². The molecule has 4 rings (SSSR count). The molecule has 7 nitrogen and oxygen atoms in total. The van der Waals surface area contributed by atoms with E-state index in [-0.39, 0.29) is 52.3 Å². The summed E-state index contributed by atoms with van der Waals surface area (Å²) in [6.45, 7) is 0. The van der Waals surface area contributed by atoms with Crippen molar-refractivity contribution in [2.45, 2.75) is 6.42 Å². The lowest BCUT2D eigenvalue weighted by atomic mass is 9.85. The van der Waals surface area contributed by atoms with Gasteiger partial charge in [-0.2, -0.15) is 0 Å². The van der Waals surface area contributed by atoms with E-state index in [1.807, 2.05) is 12.2 Å². The summed E-state index contributed by atoms with van der Waals surface area (Å²) < 4.78 is 9.41. The third-order valence-electron chi connectivity index (χ3n) is 5.49. The van der Waals surface area contributed by atoms with Gasteiger partial charge < -0.3 is 9.47 Å². The highest BCUT2D eigenvalue weighted by atomic mass is 16.5. The van der Waals surface area contributed by atoms with Crippen LogP contribution in [0.3, 0.4) is 0 Å². The molecule has 1 saturated carbocycles. The molecule has 0 unspecified atom stereocenters. The van der Waals surface area contributed by atoms with Crippen molar-refractivity contribution in [3.05, 3.63) is 41.5 Å². The summed E-state index contributed by atoms with van der Waals surface area (Å²) in [7, 11) is 2.43. The first kappa shape index (κ1) is 16.5. The standard InChI is InChI=1S/C19H17NO6/c1-25-18(23)11-6-12(19(24)26-2)8-13(7-11)20-16(21)14-9-3-4-10(5-9)15(14)17(20)22/h3-4,6-10,14-15H,5H2,1-2H3/t9-,10+,14-,15+. The van der Waals surface area contributed by atoms with Crippen LogP contribution in [0.25, 0.3) is 0 Å². The van der Waals surface area contributed by atoms with Gasteiger partial charge in [0.15, 0.2) is 0 Å². The largest absolute Gasteiger partial charge is 0.465 e. The summed E-state index contributed by atoms with van der Waals surface area (Å²) in [5, 5.41) is 0. The molecule has 1 aromatic rings. The Kier molecular flexibility index (Phi) is 3.68. The smallest absolute Gasteiger partial charge is 0.337 e.